The first kappa shape index (κ1) is 13.7. The molecule has 0 unspecified atom stereocenters. The van der Waals surface area contributed by atoms with Crippen molar-refractivity contribution in [2.75, 3.05) is 13.7 Å². The van der Waals surface area contributed by atoms with E-state index in [9.17, 15) is 19.7 Å². The standard InChI is InChI=1S/C10H13N3O5/c1-12-7(3-4-8(12)13(16)17)10(15)11-6-5-9(14)18-2/h3-4H,5-6H2,1-2H3,(H,11,15). The minimum atomic E-state index is -0.578. The second-order valence-electron chi connectivity index (χ2n) is 3.47. The van der Waals surface area contributed by atoms with E-state index in [0.29, 0.717) is 0 Å². The number of rotatable bonds is 5. The van der Waals surface area contributed by atoms with Crippen LogP contribution in [0, 0.1) is 10.1 Å². The minimum Gasteiger partial charge on any atom is -0.469 e. The fourth-order valence-electron chi connectivity index (χ4n) is 1.38. The summed E-state index contributed by atoms with van der Waals surface area (Å²) in [5.41, 5.74) is 0.159. The van der Waals surface area contributed by atoms with E-state index in [-0.39, 0.29) is 24.5 Å². The van der Waals surface area contributed by atoms with Gasteiger partial charge in [-0.25, -0.2) is 4.57 Å². The van der Waals surface area contributed by atoms with Gasteiger partial charge in [-0.1, -0.05) is 0 Å². The maximum Gasteiger partial charge on any atom is 0.323 e. The molecule has 1 aromatic heterocycles. The lowest BCUT2D eigenvalue weighted by atomic mass is 10.3. The average molecular weight is 255 g/mol. The van der Waals surface area contributed by atoms with E-state index in [0.717, 1.165) is 0 Å². The fourth-order valence-corrected chi connectivity index (χ4v) is 1.38. The van der Waals surface area contributed by atoms with E-state index in [1.807, 2.05) is 0 Å². The predicted octanol–water partition coefficient (Wildman–Crippen LogP) is 0.226. The SMILES string of the molecule is COC(=O)CCNC(=O)c1ccc([N+](=O)[O-])n1C. The molecule has 1 aromatic rings. The van der Waals surface area contributed by atoms with Gasteiger partial charge in [-0.3, -0.25) is 9.59 Å². The molecule has 1 heterocycles. The number of amides is 1. The van der Waals surface area contributed by atoms with Crippen LogP contribution in [0.1, 0.15) is 16.9 Å². The van der Waals surface area contributed by atoms with Gasteiger partial charge in [0.2, 0.25) is 0 Å². The summed E-state index contributed by atoms with van der Waals surface area (Å²) in [6.45, 7) is 0.116. The highest BCUT2D eigenvalue weighted by Gasteiger charge is 2.20. The molecule has 0 spiro atoms. The number of esters is 1. The summed E-state index contributed by atoms with van der Waals surface area (Å²) in [4.78, 5) is 32.5. The van der Waals surface area contributed by atoms with Crippen LogP contribution in [0.25, 0.3) is 0 Å². The van der Waals surface area contributed by atoms with Crippen molar-refractivity contribution in [1.29, 1.82) is 0 Å². The topological polar surface area (TPSA) is 103 Å². The average Bonchev–Trinajstić information content (AvgIpc) is 2.70. The van der Waals surface area contributed by atoms with E-state index in [2.05, 4.69) is 10.1 Å². The van der Waals surface area contributed by atoms with Gasteiger partial charge in [0.25, 0.3) is 5.91 Å². The van der Waals surface area contributed by atoms with Gasteiger partial charge >= 0.3 is 11.8 Å². The fraction of sp³-hybridized carbons (Fsp3) is 0.400. The normalized spacial score (nSPS) is 9.89. The van der Waals surface area contributed by atoms with Crippen molar-refractivity contribution < 1.29 is 19.2 Å². The van der Waals surface area contributed by atoms with Crippen LogP contribution >= 0.6 is 0 Å². The number of carbonyl (C=O) groups is 2. The second-order valence-corrected chi connectivity index (χ2v) is 3.47. The van der Waals surface area contributed by atoms with Crippen molar-refractivity contribution in [1.82, 2.24) is 9.88 Å². The van der Waals surface area contributed by atoms with Gasteiger partial charge in [0, 0.05) is 12.6 Å². The van der Waals surface area contributed by atoms with Gasteiger partial charge in [0.1, 0.15) is 0 Å². The molecule has 0 saturated heterocycles. The Bertz CT molecular complexity index is 480. The van der Waals surface area contributed by atoms with Crippen LogP contribution in [0.2, 0.25) is 0 Å². The monoisotopic (exact) mass is 255 g/mol. The van der Waals surface area contributed by atoms with Crippen LogP contribution in [-0.2, 0) is 16.6 Å². The summed E-state index contributed by atoms with van der Waals surface area (Å²) >= 11 is 0. The molecule has 1 N–H and O–H groups in total. The maximum atomic E-state index is 11.7. The predicted molar refractivity (Wildman–Crippen MR) is 61.0 cm³/mol. The van der Waals surface area contributed by atoms with Crippen molar-refractivity contribution in [3.63, 3.8) is 0 Å². The molecular weight excluding hydrogens is 242 g/mol. The number of methoxy groups -OCH3 is 1. The van der Waals surface area contributed by atoms with Crippen LogP contribution < -0.4 is 5.32 Å². The lowest BCUT2D eigenvalue weighted by Crippen LogP contribution is -2.28. The summed E-state index contributed by atoms with van der Waals surface area (Å²) in [7, 11) is 2.68. The number of hydrogen-bond acceptors (Lipinski definition) is 5. The van der Waals surface area contributed by atoms with Gasteiger partial charge in [-0.15, -0.1) is 0 Å². The van der Waals surface area contributed by atoms with Crippen LogP contribution in [0.5, 0.6) is 0 Å². The Morgan fingerprint density at radius 3 is 2.67 bits per heavy atom. The molecule has 0 fully saturated rings. The zero-order valence-corrected chi connectivity index (χ0v) is 10.0. The summed E-state index contributed by atoms with van der Waals surface area (Å²) in [6, 6.07) is 2.60. The molecule has 0 aliphatic carbocycles. The molecule has 0 saturated carbocycles. The third-order valence-corrected chi connectivity index (χ3v) is 2.36. The van der Waals surface area contributed by atoms with E-state index < -0.39 is 16.8 Å². The van der Waals surface area contributed by atoms with E-state index in [1.54, 1.807) is 0 Å². The lowest BCUT2D eigenvalue weighted by Gasteiger charge is -2.03. The maximum absolute atomic E-state index is 11.7. The summed E-state index contributed by atoms with van der Waals surface area (Å²) in [5, 5.41) is 13.1. The zero-order chi connectivity index (χ0) is 13.7. The molecule has 8 heteroatoms. The van der Waals surface area contributed by atoms with Gasteiger partial charge in [-0.05, 0) is 11.0 Å². The first-order valence-electron chi connectivity index (χ1n) is 5.12. The Labute approximate surface area is 103 Å². The number of nitrogens with one attached hydrogen (secondary N) is 1. The van der Waals surface area contributed by atoms with E-state index >= 15 is 0 Å². The van der Waals surface area contributed by atoms with Gasteiger partial charge < -0.3 is 20.2 Å². The highest BCUT2D eigenvalue weighted by atomic mass is 16.6. The van der Waals surface area contributed by atoms with Crippen LogP contribution in [0.15, 0.2) is 12.1 Å². The molecule has 0 radical (unpaired) electrons. The quantitative estimate of drug-likeness (QED) is 0.460. The Morgan fingerprint density at radius 1 is 1.50 bits per heavy atom. The largest absolute Gasteiger partial charge is 0.469 e. The molecule has 8 nitrogen and oxygen atoms in total. The van der Waals surface area contributed by atoms with E-state index in [1.165, 1.54) is 30.9 Å². The summed E-state index contributed by atoms with van der Waals surface area (Å²) in [6.07, 6.45) is 0.0504. The van der Waals surface area contributed by atoms with Gasteiger partial charge in [-0.2, -0.15) is 0 Å². The molecule has 1 rings (SSSR count). The van der Waals surface area contributed by atoms with Gasteiger partial charge in [0.05, 0.1) is 20.6 Å². The van der Waals surface area contributed by atoms with Crippen LogP contribution in [0.3, 0.4) is 0 Å². The van der Waals surface area contributed by atoms with Crippen molar-refractivity contribution in [2.45, 2.75) is 6.42 Å². The van der Waals surface area contributed by atoms with Gasteiger partial charge in [0.15, 0.2) is 5.69 Å². The summed E-state index contributed by atoms with van der Waals surface area (Å²) < 4.78 is 5.59. The Balaban J connectivity index is 2.62. The molecule has 0 aliphatic rings. The van der Waals surface area contributed by atoms with E-state index in [4.69, 9.17) is 0 Å². The molecule has 1 amide bonds. The molecule has 0 aliphatic heterocycles. The molecular formula is C10H13N3O5. The van der Waals surface area contributed by atoms with Crippen molar-refractivity contribution in [3.8, 4) is 0 Å². The smallest absolute Gasteiger partial charge is 0.323 e. The highest BCUT2D eigenvalue weighted by molar-refractivity contribution is 5.93. The number of aromatic nitrogens is 1. The lowest BCUT2D eigenvalue weighted by molar-refractivity contribution is -0.391. The highest BCUT2D eigenvalue weighted by Crippen LogP contribution is 2.14. The van der Waals surface area contributed by atoms with Crippen molar-refractivity contribution in [3.05, 3.63) is 27.9 Å². The molecule has 0 atom stereocenters. The van der Waals surface area contributed by atoms with Crippen molar-refractivity contribution in [2.24, 2.45) is 7.05 Å². The second kappa shape index (κ2) is 5.80. The number of hydrogen-bond donors (Lipinski definition) is 1. The molecule has 98 valence electrons. The number of carbonyl (C=O) groups excluding carboxylic acids is 2. The Kier molecular flexibility index (Phi) is 4.41. The Morgan fingerprint density at radius 2 is 2.17 bits per heavy atom. The van der Waals surface area contributed by atoms with Crippen LogP contribution in [-0.4, -0.2) is 35.0 Å². The number of ether oxygens (including phenoxy) is 1. The number of nitro groups is 1. The molecule has 18 heavy (non-hydrogen) atoms. The van der Waals surface area contributed by atoms with Crippen molar-refractivity contribution >= 4 is 17.7 Å². The first-order valence-corrected chi connectivity index (χ1v) is 5.12. The molecule has 0 aromatic carbocycles. The first-order chi connectivity index (χ1) is 8.47. The zero-order valence-electron chi connectivity index (χ0n) is 10.0. The third kappa shape index (κ3) is 3.06. The Hall–Kier alpha value is -2.38. The van der Waals surface area contributed by atoms with Crippen LogP contribution in [0.4, 0.5) is 5.82 Å². The third-order valence-electron chi connectivity index (χ3n) is 2.36. The summed E-state index contributed by atoms with van der Waals surface area (Å²) in [5.74, 6) is -1.09. The minimum absolute atomic E-state index is 0.0504. The molecule has 0 bridgehead atoms. The number of nitrogens with zero attached hydrogens (tertiary/aromatic N) is 2.